The summed E-state index contributed by atoms with van der Waals surface area (Å²) in [5, 5.41) is 9.29. The van der Waals surface area contributed by atoms with Crippen molar-refractivity contribution >= 4 is 5.97 Å². The summed E-state index contributed by atoms with van der Waals surface area (Å²) < 4.78 is 4.99. The van der Waals surface area contributed by atoms with E-state index in [0.29, 0.717) is 17.7 Å². The molecule has 0 amide bonds. The second-order valence-electron chi connectivity index (χ2n) is 5.58. The number of ether oxygens (including phenoxy) is 1. The molecular formula is C19H19NO2. The van der Waals surface area contributed by atoms with Crippen LogP contribution >= 0.6 is 0 Å². The summed E-state index contributed by atoms with van der Waals surface area (Å²) in [6, 6.07) is 17.2. The zero-order chi connectivity index (χ0) is 16.2. The molecule has 0 aromatic heterocycles. The van der Waals surface area contributed by atoms with Crippen LogP contribution < -0.4 is 0 Å². The van der Waals surface area contributed by atoms with Crippen molar-refractivity contribution in [2.24, 2.45) is 0 Å². The maximum Gasteiger partial charge on any atom is 0.338 e. The highest BCUT2D eigenvalue weighted by molar-refractivity contribution is 5.89. The lowest BCUT2D eigenvalue weighted by atomic mass is 9.76. The Balaban J connectivity index is 2.38. The Labute approximate surface area is 131 Å². The minimum atomic E-state index is -0.320. The van der Waals surface area contributed by atoms with Crippen LogP contribution in [0, 0.1) is 11.3 Å². The summed E-state index contributed by atoms with van der Waals surface area (Å²) in [4.78, 5) is 11.7. The number of nitriles is 1. The Morgan fingerprint density at radius 2 is 1.77 bits per heavy atom. The van der Waals surface area contributed by atoms with Crippen molar-refractivity contribution in [3.8, 4) is 6.07 Å². The zero-order valence-electron chi connectivity index (χ0n) is 13.1. The second kappa shape index (κ2) is 6.44. The maximum absolute atomic E-state index is 11.7. The van der Waals surface area contributed by atoms with Gasteiger partial charge in [-0.1, -0.05) is 44.2 Å². The highest BCUT2D eigenvalue weighted by Gasteiger charge is 2.26. The third kappa shape index (κ3) is 3.01. The topological polar surface area (TPSA) is 50.1 Å². The van der Waals surface area contributed by atoms with Crippen LogP contribution in [0.15, 0.2) is 48.5 Å². The molecule has 2 rings (SSSR count). The van der Waals surface area contributed by atoms with Gasteiger partial charge in [0.15, 0.2) is 0 Å². The molecule has 2 aromatic rings. The summed E-state index contributed by atoms with van der Waals surface area (Å²) in [5.74, 6) is -0.315. The van der Waals surface area contributed by atoms with E-state index in [0.717, 1.165) is 11.1 Å². The van der Waals surface area contributed by atoms with Gasteiger partial charge in [0.2, 0.25) is 0 Å². The van der Waals surface area contributed by atoms with Gasteiger partial charge in [0.05, 0.1) is 23.8 Å². The summed E-state index contributed by atoms with van der Waals surface area (Å²) in [5.41, 5.74) is 2.90. The highest BCUT2D eigenvalue weighted by Crippen LogP contribution is 2.33. The summed E-state index contributed by atoms with van der Waals surface area (Å²) in [7, 11) is 0. The number of hydrogen-bond acceptors (Lipinski definition) is 3. The molecule has 22 heavy (non-hydrogen) atoms. The lowest BCUT2D eigenvalue weighted by molar-refractivity contribution is 0.0526. The van der Waals surface area contributed by atoms with Gasteiger partial charge in [-0.3, -0.25) is 0 Å². The van der Waals surface area contributed by atoms with E-state index in [1.54, 1.807) is 19.1 Å². The van der Waals surface area contributed by atoms with Crippen LogP contribution in [0.1, 0.15) is 47.8 Å². The van der Waals surface area contributed by atoms with Gasteiger partial charge < -0.3 is 4.74 Å². The Kier molecular flexibility index (Phi) is 4.62. The number of nitrogens with zero attached hydrogens (tertiary/aromatic N) is 1. The molecule has 0 aliphatic carbocycles. The van der Waals surface area contributed by atoms with Crippen LogP contribution in [0.5, 0.6) is 0 Å². The molecule has 0 saturated heterocycles. The molecule has 0 fully saturated rings. The maximum atomic E-state index is 11.7. The first-order valence-electron chi connectivity index (χ1n) is 7.28. The molecule has 0 bridgehead atoms. The predicted octanol–water partition coefficient (Wildman–Crippen LogP) is 4.06. The van der Waals surface area contributed by atoms with E-state index >= 15 is 0 Å². The number of hydrogen-bond donors (Lipinski definition) is 0. The number of carbonyl (C=O) groups excluding carboxylic acids is 1. The average Bonchev–Trinajstić information content (AvgIpc) is 2.55. The van der Waals surface area contributed by atoms with Crippen LogP contribution in [0.3, 0.4) is 0 Å². The van der Waals surface area contributed by atoms with Gasteiger partial charge >= 0.3 is 5.97 Å². The van der Waals surface area contributed by atoms with Gasteiger partial charge in [-0.15, -0.1) is 0 Å². The molecule has 0 aliphatic rings. The van der Waals surface area contributed by atoms with Gasteiger partial charge in [-0.2, -0.15) is 5.26 Å². The quantitative estimate of drug-likeness (QED) is 0.799. The van der Waals surface area contributed by atoms with Crippen molar-refractivity contribution in [3.05, 3.63) is 70.8 Å². The van der Waals surface area contributed by atoms with E-state index in [1.807, 2.05) is 36.4 Å². The molecule has 0 aliphatic heterocycles. The van der Waals surface area contributed by atoms with Crippen molar-refractivity contribution in [2.75, 3.05) is 6.61 Å². The van der Waals surface area contributed by atoms with Crippen LogP contribution in [-0.4, -0.2) is 12.6 Å². The van der Waals surface area contributed by atoms with E-state index in [-0.39, 0.29) is 11.4 Å². The van der Waals surface area contributed by atoms with Gasteiger partial charge in [-0.25, -0.2) is 4.79 Å². The molecule has 3 heteroatoms. The molecule has 0 saturated carbocycles. The minimum absolute atomic E-state index is 0.315. The third-order valence-electron chi connectivity index (χ3n) is 3.84. The fourth-order valence-electron chi connectivity index (χ4n) is 2.52. The Morgan fingerprint density at radius 1 is 1.14 bits per heavy atom. The van der Waals surface area contributed by atoms with E-state index in [4.69, 9.17) is 4.74 Å². The molecule has 112 valence electrons. The molecule has 3 nitrogen and oxygen atoms in total. The van der Waals surface area contributed by atoms with Crippen molar-refractivity contribution in [1.29, 1.82) is 5.26 Å². The lowest BCUT2D eigenvalue weighted by Gasteiger charge is -2.27. The van der Waals surface area contributed by atoms with Crippen LogP contribution in [0.2, 0.25) is 0 Å². The van der Waals surface area contributed by atoms with E-state index in [2.05, 4.69) is 19.9 Å². The Bertz CT molecular complexity index is 709. The van der Waals surface area contributed by atoms with Gasteiger partial charge in [-0.05, 0) is 36.2 Å². The first-order valence-corrected chi connectivity index (χ1v) is 7.28. The highest BCUT2D eigenvalue weighted by atomic mass is 16.5. The summed E-state index contributed by atoms with van der Waals surface area (Å²) >= 11 is 0. The van der Waals surface area contributed by atoms with E-state index < -0.39 is 0 Å². The summed E-state index contributed by atoms with van der Waals surface area (Å²) in [6.07, 6.45) is 0. The van der Waals surface area contributed by atoms with Crippen molar-refractivity contribution in [1.82, 2.24) is 0 Å². The normalized spacial score (nSPS) is 10.8. The predicted molar refractivity (Wildman–Crippen MR) is 85.7 cm³/mol. The van der Waals surface area contributed by atoms with Crippen LogP contribution in [0.25, 0.3) is 0 Å². The number of benzene rings is 2. The minimum Gasteiger partial charge on any atom is -0.462 e. The molecular weight excluding hydrogens is 274 g/mol. The standard InChI is InChI=1S/C19H19NO2/c1-4-22-18(21)14-9-11-16(12-10-14)19(2,3)17-8-6-5-7-15(17)13-20/h5-12H,4H2,1-3H3. The Hall–Kier alpha value is -2.60. The fraction of sp³-hybridized carbons (Fsp3) is 0.263. The first kappa shape index (κ1) is 15.8. The first-order chi connectivity index (χ1) is 10.5. The SMILES string of the molecule is CCOC(=O)c1ccc(C(C)(C)c2ccccc2C#N)cc1. The van der Waals surface area contributed by atoms with Gasteiger partial charge in [0, 0.05) is 5.41 Å². The smallest absolute Gasteiger partial charge is 0.338 e. The number of rotatable bonds is 4. The lowest BCUT2D eigenvalue weighted by Crippen LogP contribution is -2.20. The Morgan fingerprint density at radius 3 is 2.36 bits per heavy atom. The molecule has 2 aromatic carbocycles. The molecule has 0 radical (unpaired) electrons. The van der Waals surface area contributed by atoms with Gasteiger partial charge in [0.1, 0.15) is 0 Å². The molecule has 0 atom stereocenters. The third-order valence-corrected chi connectivity index (χ3v) is 3.84. The molecule has 0 N–H and O–H groups in total. The summed E-state index contributed by atoms with van der Waals surface area (Å²) in [6.45, 7) is 6.29. The van der Waals surface area contributed by atoms with E-state index in [9.17, 15) is 10.1 Å². The molecule has 0 spiro atoms. The zero-order valence-corrected chi connectivity index (χ0v) is 13.1. The number of carbonyl (C=O) groups is 1. The second-order valence-corrected chi connectivity index (χ2v) is 5.58. The largest absolute Gasteiger partial charge is 0.462 e. The van der Waals surface area contributed by atoms with Crippen molar-refractivity contribution in [2.45, 2.75) is 26.2 Å². The number of esters is 1. The van der Waals surface area contributed by atoms with Gasteiger partial charge in [0.25, 0.3) is 0 Å². The van der Waals surface area contributed by atoms with E-state index in [1.165, 1.54) is 0 Å². The fourth-order valence-corrected chi connectivity index (χ4v) is 2.52. The van der Waals surface area contributed by atoms with Crippen molar-refractivity contribution < 1.29 is 9.53 Å². The monoisotopic (exact) mass is 293 g/mol. The van der Waals surface area contributed by atoms with Crippen LogP contribution in [-0.2, 0) is 10.2 Å². The van der Waals surface area contributed by atoms with Crippen molar-refractivity contribution in [3.63, 3.8) is 0 Å². The average molecular weight is 293 g/mol. The molecule has 0 unspecified atom stereocenters. The van der Waals surface area contributed by atoms with Crippen LogP contribution in [0.4, 0.5) is 0 Å². The molecule has 0 heterocycles.